The predicted molar refractivity (Wildman–Crippen MR) is 112 cm³/mol. The summed E-state index contributed by atoms with van der Waals surface area (Å²) in [4.78, 5) is 34.6. The average Bonchev–Trinajstić information content (AvgIpc) is 3.32. The summed E-state index contributed by atoms with van der Waals surface area (Å²) in [7, 11) is 5.43. The Morgan fingerprint density at radius 2 is 1.96 bits per heavy atom. The van der Waals surface area contributed by atoms with E-state index in [1.165, 1.54) is 0 Å². The molecule has 2 aliphatic rings. The van der Waals surface area contributed by atoms with Crippen LogP contribution in [0.1, 0.15) is 39.5 Å². The summed E-state index contributed by atoms with van der Waals surface area (Å²) in [5, 5.41) is 6.80. The summed E-state index contributed by atoms with van der Waals surface area (Å²) in [5.74, 6) is 1.26. The van der Waals surface area contributed by atoms with E-state index in [1.807, 2.05) is 32.8 Å². The first kappa shape index (κ1) is 22.5. The van der Waals surface area contributed by atoms with Gasteiger partial charge >= 0.3 is 0 Å². The summed E-state index contributed by atoms with van der Waals surface area (Å²) in [6.45, 7) is 8.15. The van der Waals surface area contributed by atoms with Crippen LogP contribution in [0.4, 0.5) is 0 Å². The number of hydrogen-bond acceptors (Lipinski definition) is 4. The van der Waals surface area contributed by atoms with E-state index in [-0.39, 0.29) is 29.8 Å². The molecule has 2 N–H and O–H groups in total. The molecule has 0 saturated carbocycles. The van der Waals surface area contributed by atoms with Crippen molar-refractivity contribution in [3.63, 3.8) is 0 Å². The molecule has 2 heterocycles. The van der Waals surface area contributed by atoms with Crippen LogP contribution in [-0.2, 0) is 9.59 Å². The quantitative estimate of drug-likeness (QED) is 0.370. The highest BCUT2D eigenvalue weighted by Crippen LogP contribution is 2.18. The lowest BCUT2D eigenvalue weighted by atomic mass is 10.2. The zero-order valence-electron chi connectivity index (χ0n) is 18.2. The van der Waals surface area contributed by atoms with E-state index in [2.05, 4.69) is 20.5 Å². The standard InChI is InChI=1S/C20H38N6O2/c1-15(2)18(27)26-13-9-16(14-26)23-20(21-3)22-10-7-12-25-11-6-8-17(25)19(28)24(4)5/h15-17H,6-14H2,1-5H3,(H2,21,22,23). The Balaban J connectivity index is 1.69. The van der Waals surface area contributed by atoms with Crippen molar-refractivity contribution in [2.24, 2.45) is 10.9 Å². The van der Waals surface area contributed by atoms with Gasteiger partial charge in [0, 0.05) is 59.3 Å². The predicted octanol–water partition coefficient (Wildman–Crippen LogP) is 0.351. The van der Waals surface area contributed by atoms with Crippen LogP contribution in [0, 0.1) is 5.92 Å². The number of rotatable bonds is 7. The van der Waals surface area contributed by atoms with Gasteiger partial charge in [-0.15, -0.1) is 0 Å². The maximum atomic E-state index is 12.3. The molecule has 160 valence electrons. The maximum absolute atomic E-state index is 12.3. The van der Waals surface area contributed by atoms with Crippen LogP contribution in [-0.4, -0.2) is 98.4 Å². The minimum absolute atomic E-state index is 0.0374. The number of guanidine groups is 1. The molecular weight excluding hydrogens is 356 g/mol. The van der Waals surface area contributed by atoms with Crippen LogP contribution >= 0.6 is 0 Å². The second-order valence-electron chi connectivity index (χ2n) is 8.35. The van der Waals surface area contributed by atoms with Crippen LogP contribution in [0.5, 0.6) is 0 Å². The lowest BCUT2D eigenvalue weighted by Crippen LogP contribution is -2.46. The fraction of sp³-hybridized carbons (Fsp3) is 0.850. The number of aliphatic imine (C=N–C) groups is 1. The van der Waals surface area contributed by atoms with E-state index in [0.29, 0.717) is 0 Å². The Kier molecular flexibility index (Phi) is 8.54. The van der Waals surface area contributed by atoms with Crippen LogP contribution in [0.25, 0.3) is 0 Å². The van der Waals surface area contributed by atoms with Gasteiger partial charge in [0.2, 0.25) is 11.8 Å². The summed E-state index contributed by atoms with van der Waals surface area (Å²) in [5.41, 5.74) is 0. The number of likely N-dealkylation sites (tertiary alicyclic amines) is 2. The summed E-state index contributed by atoms with van der Waals surface area (Å²) in [6, 6.07) is 0.282. The zero-order valence-corrected chi connectivity index (χ0v) is 18.2. The number of carbonyl (C=O) groups is 2. The summed E-state index contributed by atoms with van der Waals surface area (Å²) in [6.07, 6.45) is 3.96. The molecular formula is C20H38N6O2. The Morgan fingerprint density at radius 1 is 1.21 bits per heavy atom. The lowest BCUT2D eigenvalue weighted by molar-refractivity contribution is -0.134. The van der Waals surface area contributed by atoms with Crippen LogP contribution in [0.2, 0.25) is 0 Å². The number of amides is 2. The molecule has 0 bridgehead atoms. The van der Waals surface area contributed by atoms with Crippen LogP contribution < -0.4 is 10.6 Å². The van der Waals surface area contributed by atoms with Gasteiger partial charge in [-0.2, -0.15) is 0 Å². The van der Waals surface area contributed by atoms with Crippen molar-refractivity contribution in [1.82, 2.24) is 25.3 Å². The third-order valence-corrected chi connectivity index (χ3v) is 5.56. The highest BCUT2D eigenvalue weighted by molar-refractivity contribution is 5.82. The van der Waals surface area contributed by atoms with Gasteiger partial charge in [-0.05, 0) is 32.2 Å². The molecule has 2 amide bonds. The second-order valence-corrected chi connectivity index (χ2v) is 8.35. The van der Waals surface area contributed by atoms with Crippen molar-refractivity contribution >= 4 is 17.8 Å². The van der Waals surface area contributed by atoms with Gasteiger partial charge in [-0.3, -0.25) is 19.5 Å². The van der Waals surface area contributed by atoms with Gasteiger partial charge in [0.05, 0.1) is 6.04 Å². The van der Waals surface area contributed by atoms with E-state index in [9.17, 15) is 9.59 Å². The van der Waals surface area contributed by atoms with Crippen LogP contribution in [0.3, 0.4) is 0 Å². The molecule has 2 rings (SSSR count). The number of nitrogens with one attached hydrogen (secondary N) is 2. The molecule has 0 aliphatic carbocycles. The number of likely N-dealkylation sites (N-methyl/N-ethyl adjacent to an activating group) is 1. The van der Waals surface area contributed by atoms with E-state index in [1.54, 1.807) is 11.9 Å². The van der Waals surface area contributed by atoms with Gasteiger partial charge in [0.25, 0.3) is 0 Å². The third kappa shape index (κ3) is 6.09. The van der Waals surface area contributed by atoms with E-state index < -0.39 is 0 Å². The molecule has 2 atom stereocenters. The molecule has 2 fully saturated rings. The van der Waals surface area contributed by atoms with Gasteiger partial charge in [0.15, 0.2) is 5.96 Å². The minimum atomic E-state index is 0.0374. The Morgan fingerprint density at radius 3 is 2.61 bits per heavy atom. The highest BCUT2D eigenvalue weighted by atomic mass is 16.2. The molecule has 0 radical (unpaired) electrons. The van der Waals surface area contributed by atoms with Crippen LogP contribution in [0.15, 0.2) is 4.99 Å². The zero-order chi connectivity index (χ0) is 20.7. The molecule has 2 saturated heterocycles. The summed E-state index contributed by atoms with van der Waals surface area (Å²) < 4.78 is 0. The molecule has 2 aliphatic heterocycles. The number of carbonyl (C=O) groups excluding carboxylic acids is 2. The molecule has 8 heteroatoms. The second kappa shape index (κ2) is 10.6. The SMILES string of the molecule is CN=C(NCCCN1CCCC1C(=O)N(C)C)NC1CCN(C(=O)C(C)C)C1. The van der Waals surface area contributed by atoms with Crippen molar-refractivity contribution in [2.45, 2.75) is 51.6 Å². The van der Waals surface area contributed by atoms with Gasteiger partial charge in [0.1, 0.15) is 0 Å². The molecule has 8 nitrogen and oxygen atoms in total. The Labute approximate surface area is 169 Å². The number of hydrogen-bond donors (Lipinski definition) is 2. The minimum Gasteiger partial charge on any atom is -0.356 e. The van der Waals surface area contributed by atoms with E-state index >= 15 is 0 Å². The fourth-order valence-electron chi connectivity index (χ4n) is 3.99. The first-order valence-electron chi connectivity index (χ1n) is 10.5. The fourth-order valence-corrected chi connectivity index (χ4v) is 3.99. The van der Waals surface area contributed by atoms with Gasteiger partial charge in [-0.1, -0.05) is 13.8 Å². The Bertz CT molecular complexity index is 563. The van der Waals surface area contributed by atoms with Crippen molar-refractivity contribution in [1.29, 1.82) is 0 Å². The summed E-state index contributed by atoms with van der Waals surface area (Å²) >= 11 is 0. The monoisotopic (exact) mass is 394 g/mol. The molecule has 28 heavy (non-hydrogen) atoms. The molecule has 2 unspecified atom stereocenters. The van der Waals surface area contributed by atoms with E-state index in [4.69, 9.17) is 0 Å². The van der Waals surface area contributed by atoms with Gasteiger partial charge in [-0.25, -0.2) is 0 Å². The number of nitrogens with zero attached hydrogens (tertiary/aromatic N) is 4. The normalized spacial score (nSPS) is 23.4. The Hall–Kier alpha value is -1.83. The van der Waals surface area contributed by atoms with Crippen molar-refractivity contribution in [2.75, 3.05) is 53.9 Å². The van der Waals surface area contributed by atoms with Crippen molar-refractivity contribution in [3.05, 3.63) is 0 Å². The first-order valence-corrected chi connectivity index (χ1v) is 10.5. The topological polar surface area (TPSA) is 80.3 Å². The lowest BCUT2D eigenvalue weighted by Gasteiger charge is -2.26. The smallest absolute Gasteiger partial charge is 0.239 e. The van der Waals surface area contributed by atoms with Crippen molar-refractivity contribution in [3.8, 4) is 0 Å². The maximum Gasteiger partial charge on any atom is 0.239 e. The molecule has 0 aromatic rings. The molecule has 0 aromatic heterocycles. The third-order valence-electron chi connectivity index (χ3n) is 5.56. The largest absolute Gasteiger partial charge is 0.356 e. The van der Waals surface area contributed by atoms with Gasteiger partial charge < -0.3 is 20.4 Å². The average molecular weight is 395 g/mol. The first-order chi connectivity index (χ1) is 13.3. The molecule has 0 aromatic carbocycles. The highest BCUT2D eigenvalue weighted by Gasteiger charge is 2.31. The molecule has 0 spiro atoms. The van der Waals surface area contributed by atoms with E-state index in [0.717, 1.165) is 64.4 Å². The van der Waals surface area contributed by atoms with Crippen molar-refractivity contribution < 1.29 is 9.59 Å².